The second-order valence-corrected chi connectivity index (χ2v) is 14.8. The van der Waals surface area contributed by atoms with Crippen LogP contribution in [0.2, 0.25) is 18.1 Å². The maximum absolute atomic E-state index is 12.6. The minimum Gasteiger partial charge on any atom is -0.465 e. The van der Waals surface area contributed by atoms with E-state index < -0.39 is 20.5 Å². The summed E-state index contributed by atoms with van der Waals surface area (Å²) in [6.45, 7) is 15.5. The van der Waals surface area contributed by atoms with Crippen LogP contribution in [0.4, 0.5) is 4.79 Å². The van der Waals surface area contributed by atoms with E-state index in [-0.39, 0.29) is 29.4 Å². The number of carbonyl (C=O) groups excluding carboxylic acids is 1. The summed E-state index contributed by atoms with van der Waals surface area (Å²) < 4.78 is 6.64. The van der Waals surface area contributed by atoms with Crippen LogP contribution >= 0.6 is 0 Å². The van der Waals surface area contributed by atoms with Gasteiger partial charge in [0.1, 0.15) is 0 Å². The summed E-state index contributed by atoms with van der Waals surface area (Å²) in [4.78, 5) is 26.4. The van der Waals surface area contributed by atoms with Crippen LogP contribution < -0.4 is 5.32 Å². The van der Waals surface area contributed by atoms with Gasteiger partial charge in [0.2, 0.25) is 5.91 Å². The van der Waals surface area contributed by atoms with Gasteiger partial charge in [-0.1, -0.05) is 53.4 Å². The predicted molar refractivity (Wildman–Crippen MR) is 121 cm³/mol. The van der Waals surface area contributed by atoms with Crippen molar-refractivity contribution in [3.8, 4) is 0 Å². The Balaban J connectivity index is 3.05. The number of nitrogens with one attached hydrogen (secondary N) is 1. The highest BCUT2D eigenvalue weighted by Crippen LogP contribution is 2.38. The summed E-state index contributed by atoms with van der Waals surface area (Å²) in [6, 6.07) is -0.341. The Morgan fingerprint density at radius 2 is 1.79 bits per heavy atom. The number of amides is 2. The van der Waals surface area contributed by atoms with E-state index in [4.69, 9.17) is 4.43 Å². The Morgan fingerprint density at radius 1 is 1.21 bits per heavy atom. The number of rotatable bonds is 10. The lowest BCUT2D eigenvalue weighted by Gasteiger charge is -2.44. The van der Waals surface area contributed by atoms with Crippen molar-refractivity contribution in [2.45, 2.75) is 122 Å². The smallest absolute Gasteiger partial charge is 0.407 e. The van der Waals surface area contributed by atoms with Crippen LogP contribution in [0.1, 0.15) is 86.0 Å². The van der Waals surface area contributed by atoms with Crippen LogP contribution in [0.25, 0.3) is 0 Å². The number of carboxylic acid groups (broad SMARTS) is 1. The van der Waals surface area contributed by atoms with Crippen molar-refractivity contribution in [2.24, 2.45) is 0 Å². The molecule has 2 atom stereocenters. The first-order valence-corrected chi connectivity index (χ1v) is 14.3. The third-order valence-electron chi connectivity index (χ3n) is 6.66. The summed E-state index contributed by atoms with van der Waals surface area (Å²) >= 11 is 0. The number of hydrogen-bond acceptors (Lipinski definition) is 3. The van der Waals surface area contributed by atoms with Gasteiger partial charge in [0.25, 0.3) is 0 Å². The van der Waals surface area contributed by atoms with E-state index in [0.29, 0.717) is 6.54 Å². The van der Waals surface area contributed by atoms with Crippen molar-refractivity contribution in [1.29, 1.82) is 0 Å². The molecule has 0 radical (unpaired) electrons. The lowest BCUT2D eigenvalue weighted by molar-refractivity contribution is -0.123. The molecule has 1 aliphatic rings. The van der Waals surface area contributed by atoms with Crippen LogP contribution in [-0.4, -0.2) is 55.1 Å². The van der Waals surface area contributed by atoms with Crippen LogP contribution in [0.3, 0.4) is 0 Å². The molecule has 0 aromatic heterocycles. The van der Waals surface area contributed by atoms with Crippen LogP contribution in [0.5, 0.6) is 0 Å². The molecule has 1 saturated carbocycles. The van der Waals surface area contributed by atoms with Crippen molar-refractivity contribution in [3.05, 3.63) is 0 Å². The quantitative estimate of drug-likeness (QED) is 0.361. The molecule has 0 heterocycles. The highest BCUT2D eigenvalue weighted by molar-refractivity contribution is 6.74. The standard InChI is InChI=1S/C22H44N2O4Si/c1-8-9-15-23-20(25)16-19(28-29(6,7)22(3,4)5)17(2)24(21(26)27)18-13-11-10-12-14-18/h17-19H,8-16H2,1-7H3,(H,23,25)(H,26,27)/t17-,19-/m0/s1. The first-order valence-electron chi connectivity index (χ1n) is 11.4. The van der Waals surface area contributed by atoms with Gasteiger partial charge in [-0.05, 0) is 44.3 Å². The maximum atomic E-state index is 12.6. The minimum atomic E-state index is -2.17. The Bertz CT molecular complexity index is 527. The van der Waals surface area contributed by atoms with E-state index in [9.17, 15) is 14.7 Å². The van der Waals surface area contributed by atoms with Gasteiger partial charge >= 0.3 is 6.09 Å². The fraction of sp³-hybridized carbons (Fsp3) is 0.909. The maximum Gasteiger partial charge on any atom is 0.407 e. The summed E-state index contributed by atoms with van der Waals surface area (Å²) in [6.07, 6.45) is 5.91. The molecule has 0 aromatic carbocycles. The predicted octanol–water partition coefficient (Wildman–Crippen LogP) is 5.38. The lowest BCUT2D eigenvalue weighted by Crippen LogP contribution is -2.56. The summed E-state index contributed by atoms with van der Waals surface area (Å²) in [5, 5.41) is 13.0. The molecule has 7 heteroatoms. The van der Waals surface area contributed by atoms with Crippen LogP contribution in [0.15, 0.2) is 0 Å². The Morgan fingerprint density at radius 3 is 2.28 bits per heavy atom. The van der Waals surface area contributed by atoms with Gasteiger partial charge in [-0.2, -0.15) is 0 Å². The summed E-state index contributed by atoms with van der Waals surface area (Å²) in [5.41, 5.74) is 0. The van der Waals surface area contributed by atoms with Gasteiger partial charge in [0, 0.05) is 12.6 Å². The largest absolute Gasteiger partial charge is 0.465 e. The van der Waals surface area contributed by atoms with Crippen molar-refractivity contribution in [3.63, 3.8) is 0 Å². The molecular formula is C22H44N2O4Si. The molecular weight excluding hydrogens is 384 g/mol. The zero-order valence-electron chi connectivity index (χ0n) is 19.7. The average molecular weight is 429 g/mol. The molecule has 2 N–H and O–H groups in total. The minimum absolute atomic E-state index is 0.0114. The van der Waals surface area contributed by atoms with Gasteiger partial charge in [-0.3, -0.25) is 4.79 Å². The molecule has 29 heavy (non-hydrogen) atoms. The Hall–Kier alpha value is -1.08. The number of hydrogen-bond donors (Lipinski definition) is 2. The van der Waals surface area contributed by atoms with Crippen molar-refractivity contribution < 1.29 is 19.1 Å². The average Bonchev–Trinajstić information content (AvgIpc) is 2.61. The molecule has 0 bridgehead atoms. The Labute approximate surface area is 178 Å². The topological polar surface area (TPSA) is 78.9 Å². The SMILES string of the molecule is CCCCNC(=O)C[C@H](O[Si](C)(C)C(C)(C)C)[C@H](C)N(C(=O)O)C1CCCCC1. The van der Waals surface area contributed by atoms with Crippen molar-refractivity contribution in [2.75, 3.05) is 6.54 Å². The van der Waals surface area contributed by atoms with E-state index >= 15 is 0 Å². The van der Waals surface area contributed by atoms with Crippen molar-refractivity contribution >= 4 is 20.3 Å². The second kappa shape index (κ2) is 11.3. The van der Waals surface area contributed by atoms with Crippen LogP contribution in [0, 0.1) is 0 Å². The molecule has 1 rings (SSSR count). The van der Waals surface area contributed by atoms with E-state index in [2.05, 4.69) is 46.1 Å². The third kappa shape index (κ3) is 7.93. The zero-order chi connectivity index (χ0) is 22.2. The highest BCUT2D eigenvalue weighted by Gasteiger charge is 2.43. The monoisotopic (exact) mass is 428 g/mol. The first-order chi connectivity index (χ1) is 13.4. The molecule has 6 nitrogen and oxygen atoms in total. The van der Waals surface area contributed by atoms with E-state index in [0.717, 1.165) is 38.5 Å². The number of unbranched alkanes of at least 4 members (excludes halogenated alkanes) is 1. The second-order valence-electron chi connectivity index (χ2n) is 10.0. The number of carbonyl (C=O) groups is 2. The fourth-order valence-corrected chi connectivity index (χ4v) is 5.12. The molecule has 170 valence electrons. The van der Waals surface area contributed by atoms with Gasteiger partial charge in [0.15, 0.2) is 8.32 Å². The normalized spacial score (nSPS) is 18.2. The van der Waals surface area contributed by atoms with E-state index in [1.807, 2.05) is 6.92 Å². The van der Waals surface area contributed by atoms with Gasteiger partial charge in [-0.25, -0.2) is 4.79 Å². The molecule has 0 spiro atoms. The van der Waals surface area contributed by atoms with Gasteiger partial charge in [-0.15, -0.1) is 0 Å². The molecule has 1 fully saturated rings. The summed E-state index contributed by atoms with van der Waals surface area (Å²) in [5.74, 6) is -0.0528. The summed E-state index contributed by atoms with van der Waals surface area (Å²) in [7, 11) is -2.17. The third-order valence-corrected chi connectivity index (χ3v) is 11.2. The van der Waals surface area contributed by atoms with Gasteiger partial charge < -0.3 is 19.7 Å². The van der Waals surface area contributed by atoms with E-state index in [1.54, 1.807) is 4.90 Å². The zero-order valence-corrected chi connectivity index (χ0v) is 20.7. The first kappa shape index (κ1) is 26.0. The molecule has 0 saturated heterocycles. The van der Waals surface area contributed by atoms with Crippen molar-refractivity contribution in [1.82, 2.24) is 10.2 Å². The molecule has 0 aliphatic heterocycles. The van der Waals surface area contributed by atoms with E-state index in [1.165, 1.54) is 6.42 Å². The number of nitrogens with zero attached hydrogens (tertiary/aromatic N) is 1. The fourth-order valence-electron chi connectivity index (χ4n) is 3.73. The molecule has 0 unspecified atom stereocenters. The molecule has 1 aliphatic carbocycles. The van der Waals surface area contributed by atoms with Gasteiger partial charge in [0.05, 0.1) is 18.6 Å². The molecule has 2 amide bonds. The highest BCUT2D eigenvalue weighted by atomic mass is 28.4. The van der Waals surface area contributed by atoms with Crippen LogP contribution in [-0.2, 0) is 9.22 Å². The Kier molecular flexibility index (Phi) is 10.2. The lowest BCUT2D eigenvalue weighted by atomic mass is 9.92. The molecule has 0 aromatic rings.